The second-order valence-electron chi connectivity index (χ2n) is 5.10. The van der Waals surface area contributed by atoms with Crippen LogP contribution in [-0.4, -0.2) is 14.5 Å². The third-order valence-electron chi connectivity index (χ3n) is 3.95. The predicted octanol–water partition coefficient (Wildman–Crippen LogP) is 3.71. The van der Waals surface area contributed by atoms with Gasteiger partial charge >= 0.3 is 0 Å². The summed E-state index contributed by atoms with van der Waals surface area (Å²) in [7, 11) is 0. The Balaban J connectivity index is 2.01. The summed E-state index contributed by atoms with van der Waals surface area (Å²) in [5.41, 5.74) is 1.97. The van der Waals surface area contributed by atoms with Gasteiger partial charge in [0.05, 0.1) is 29.8 Å². The topological polar surface area (TPSA) is 37.5 Å². The number of hydrogen-bond acceptors (Lipinski definition) is 2. The van der Waals surface area contributed by atoms with Crippen molar-refractivity contribution in [1.82, 2.24) is 9.38 Å². The van der Waals surface area contributed by atoms with Crippen molar-refractivity contribution in [3.05, 3.63) is 34.8 Å². The van der Waals surface area contributed by atoms with E-state index in [1.54, 1.807) is 6.33 Å². The molecule has 96 valence electrons. The lowest BCUT2D eigenvalue weighted by Crippen LogP contribution is -2.18. The van der Waals surface area contributed by atoms with Gasteiger partial charge in [-0.05, 0) is 46.8 Å². The summed E-state index contributed by atoms with van der Waals surface area (Å²) in [5.74, 6) is 0.378. The number of halogens is 1. The zero-order valence-electron chi connectivity index (χ0n) is 10.2. The van der Waals surface area contributed by atoms with E-state index in [-0.39, 0.29) is 0 Å². The van der Waals surface area contributed by atoms with E-state index in [4.69, 9.17) is 0 Å². The lowest BCUT2D eigenvalue weighted by atomic mass is 9.84. The molecule has 0 amide bonds. The average Bonchev–Trinajstić information content (AvgIpc) is 2.87. The summed E-state index contributed by atoms with van der Waals surface area (Å²) in [4.78, 5) is 4.16. The van der Waals surface area contributed by atoms with Crippen LogP contribution in [0.2, 0.25) is 0 Å². The lowest BCUT2D eigenvalue weighted by molar-refractivity contribution is 0.0795. The van der Waals surface area contributed by atoms with Gasteiger partial charge in [0.2, 0.25) is 0 Å². The fourth-order valence-corrected chi connectivity index (χ4v) is 3.50. The van der Waals surface area contributed by atoms with E-state index < -0.39 is 6.10 Å². The highest BCUT2D eigenvalue weighted by molar-refractivity contribution is 9.10. The second kappa shape index (κ2) is 5.02. The molecule has 0 aromatic carbocycles. The Morgan fingerprint density at radius 2 is 2.06 bits per heavy atom. The van der Waals surface area contributed by atoms with E-state index in [1.807, 2.05) is 22.7 Å². The number of fused-ring (bicyclic) bond motifs is 1. The van der Waals surface area contributed by atoms with Gasteiger partial charge in [0, 0.05) is 4.47 Å². The zero-order chi connectivity index (χ0) is 12.5. The van der Waals surface area contributed by atoms with Crippen LogP contribution in [0.15, 0.2) is 29.1 Å². The number of hydrogen-bond donors (Lipinski definition) is 1. The lowest BCUT2D eigenvalue weighted by Gasteiger charge is -2.27. The maximum atomic E-state index is 10.7. The highest BCUT2D eigenvalue weighted by Crippen LogP contribution is 2.37. The molecule has 2 aromatic heterocycles. The molecule has 0 unspecified atom stereocenters. The minimum atomic E-state index is -0.405. The fourth-order valence-electron chi connectivity index (χ4n) is 2.95. The van der Waals surface area contributed by atoms with E-state index in [0.29, 0.717) is 5.92 Å². The molecule has 1 aliphatic rings. The van der Waals surface area contributed by atoms with E-state index in [2.05, 4.69) is 20.9 Å². The van der Waals surface area contributed by atoms with Crippen molar-refractivity contribution >= 4 is 21.4 Å². The molecule has 0 radical (unpaired) electrons. The first-order chi connectivity index (χ1) is 8.77. The minimum absolute atomic E-state index is 0.378. The second-order valence-corrected chi connectivity index (χ2v) is 5.95. The van der Waals surface area contributed by atoms with E-state index in [0.717, 1.165) is 28.5 Å². The van der Waals surface area contributed by atoms with Crippen LogP contribution in [0, 0.1) is 5.92 Å². The molecule has 1 saturated carbocycles. The van der Waals surface area contributed by atoms with Gasteiger partial charge in [-0.1, -0.05) is 19.3 Å². The molecular formula is C14H17BrN2O. The molecule has 0 saturated heterocycles. The third kappa shape index (κ3) is 2.08. The van der Waals surface area contributed by atoms with Crippen molar-refractivity contribution in [3.8, 4) is 0 Å². The molecular weight excluding hydrogens is 292 g/mol. The van der Waals surface area contributed by atoms with Crippen molar-refractivity contribution in [1.29, 1.82) is 0 Å². The van der Waals surface area contributed by atoms with Crippen LogP contribution in [0.3, 0.4) is 0 Å². The quantitative estimate of drug-likeness (QED) is 0.918. The minimum Gasteiger partial charge on any atom is -0.387 e. The standard InChI is InChI=1S/C14H17BrN2O/c15-12-7-6-11-8-16-9-17(11)13(12)14(18)10-4-2-1-3-5-10/h6-10,14,18H,1-5H2/t14-/m0/s1. The molecule has 2 heterocycles. The number of aliphatic hydroxyl groups is 1. The van der Waals surface area contributed by atoms with Crippen molar-refractivity contribution in [2.24, 2.45) is 5.92 Å². The molecule has 1 fully saturated rings. The molecule has 3 rings (SSSR count). The van der Waals surface area contributed by atoms with Gasteiger partial charge in [0.15, 0.2) is 0 Å². The van der Waals surface area contributed by atoms with Crippen LogP contribution in [-0.2, 0) is 0 Å². The molecule has 0 spiro atoms. The van der Waals surface area contributed by atoms with Gasteiger partial charge in [-0.3, -0.25) is 4.40 Å². The molecule has 0 aliphatic heterocycles. The summed E-state index contributed by atoms with van der Waals surface area (Å²) in [6.45, 7) is 0. The molecule has 1 N–H and O–H groups in total. The van der Waals surface area contributed by atoms with Gasteiger partial charge in [-0.15, -0.1) is 0 Å². The fraction of sp³-hybridized carbons (Fsp3) is 0.500. The number of aliphatic hydroxyl groups excluding tert-OH is 1. The highest BCUT2D eigenvalue weighted by Gasteiger charge is 2.26. The van der Waals surface area contributed by atoms with Crippen molar-refractivity contribution in [2.45, 2.75) is 38.2 Å². The normalized spacial score (nSPS) is 19.2. The van der Waals surface area contributed by atoms with Gasteiger partial charge < -0.3 is 5.11 Å². The highest BCUT2D eigenvalue weighted by atomic mass is 79.9. The Hall–Kier alpha value is -0.870. The first-order valence-electron chi connectivity index (χ1n) is 6.56. The smallest absolute Gasteiger partial charge is 0.0995 e. The molecule has 0 bridgehead atoms. The number of imidazole rings is 1. The summed E-state index contributed by atoms with van der Waals surface area (Å²) in [6, 6.07) is 4.01. The van der Waals surface area contributed by atoms with E-state index >= 15 is 0 Å². The van der Waals surface area contributed by atoms with Crippen LogP contribution in [0.1, 0.15) is 43.9 Å². The summed E-state index contributed by atoms with van der Waals surface area (Å²) in [6.07, 6.45) is 9.22. The van der Waals surface area contributed by atoms with Crippen LogP contribution in [0.25, 0.3) is 5.52 Å². The molecule has 18 heavy (non-hydrogen) atoms. The number of rotatable bonds is 2. The largest absolute Gasteiger partial charge is 0.387 e. The Bertz CT molecular complexity index is 546. The van der Waals surface area contributed by atoms with Crippen molar-refractivity contribution in [3.63, 3.8) is 0 Å². The maximum Gasteiger partial charge on any atom is 0.0995 e. The molecule has 4 heteroatoms. The Kier molecular flexibility index (Phi) is 3.39. The SMILES string of the molecule is O[C@H](c1c(Br)ccc2cncn12)C1CCCCC1. The van der Waals surface area contributed by atoms with E-state index in [9.17, 15) is 5.11 Å². The van der Waals surface area contributed by atoms with Crippen LogP contribution in [0.5, 0.6) is 0 Å². The number of aromatic nitrogens is 2. The monoisotopic (exact) mass is 308 g/mol. The first-order valence-corrected chi connectivity index (χ1v) is 7.35. The maximum absolute atomic E-state index is 10.7. The van der Waals surface area contributed by atoms with Gasteiger partial charge in [-0.25, -0.2) is 4.98 Å². The van der Waals surface area contributed by atoms with Gasteiger partial charge in [0.1, 0.15) is 0 Å². The van der Waals surface area contributed by atoms with E-state index in [1.165, 1.54) is 19.3 Å². The molecule has 3 nitrogen and oxygen atoms in total. The molecule has 2 aromatic rings. The number of pyridine rings is 1. The Morgan fingerprint density at radius 1 is 1.28 bits per heavy atom. The van der Waals surface area contributed by atoms with Crippen LogP contribution >= 0.6 is 15.9 Å². The van der Waals surface area contributed by atoms with Crippen molar-refractivity contribution in [2.75, 3.05) is 0 Å². The zero-order valence-corrected chi connectivity index (χ0v) is 11.8. The molecule has 1 aliphatic carbocycles. The predicted molar refractivity (Wildman–Crippen MR) is 74.4 cm³/mol. The van der Waals surface area contributed by atoms with Crippen LogP contribution < -0.4 is 0 Å². The number of nitrogens with zero attached hydrogens (tertiary/aromatic N) is 2. The molecule has 1 atom stereocenters. The van der Waals surface area contributed by atoms with Gasteiger partial charge in [0.25, 0.3) is 0 Å². The van der Waals surface area contributed by atoms with Gasteiger partial charge in [-0.2, -0.15) is 0 Å². The Labute approximate surface area is 115 Å². The third-order valence-corrected chi connectivity index (χ3v) is 4.62. The average molecular weight is 309 g/mol. The first kappa shape index (κ1) is 12.2. The van der Waals surface area contributed by atoms with Crippen molar-refractivity contribution < 1.29 is 5.11 Å². The summed E-state index contributed by atoms with van der Waals surface area (Å²) in [5, 5.41) is 10.7. The Morgan fingerprint density at radius 3 is 2.83 bits per heavy atom. The van der Waals surface area contributed by atoms with Crippen LogP contribution in [0.4, 0.5) is 0 Å². The summed E-state index contributed by atoms with van der Waals surface area (Å²) < 4.78 is 2.95. The summed E-state index contributed by atoms with van der Waals surface area (Å²) >= 11 is 3.56.